The molecule has 10 nitrogen and oxygen atoms in total. The summed E-state index contributed by atoms with van der Waals surface area (Å²) in [4.78, 5) is 36.0. The van der Waals surface area contributed by atoms with Gasteiger partial charge in [0.15, 0.2) is 5.82 Å². The number of benzene rings is 1. The molecular formula is C25H27N7O3. The molecule has 180 valence electrons. The molecule has 3 aromatic heterocycles. The fourth-order valence-electron chi connectivity index (χ4n) is 3.92. The molecule has 0 spiro atoms. The lowest BCUT2D eigenvalue weighted by Gasteiger charge is -2.29. The van der Waals surface area contributed by atoms with Crippen LogP contribution in [0.25, 0.3) is 17.0 Å². The van der Waals surface area contributed by atoms with E-state index in [2.05, 4.69) is 20.4 Å². The van der Waals surface area contributed by atoms with Crippen molar-refractivity contribution in [1.29, 1.82) is 0 Å². The van der Waals surface area contributed by atoms with Gasteiger partial charge in [-0.1, -0.05) is 18.2 Å². The average Bonchev–Trinajstić information content (AvgIpc) is 3.43. The number of nitrogens with zero attached hydrogens (tertiary/aromatic N) is 6. The zero-order chi connectivity index (χ0) is 24.7. The number of aromatic nitrogens is 5. The molecule has 35 heavy (non-hydrogen) atoms. The Morgan fingerprint density at radius 1 is 1.11 bits per heavy atom. The van der Waals surface area contributed by atoms with E-state index in [1.807, 2.05) is 68.8 Å². The zero-order valence-corrected chi connectivity index (χ0v) is 20.1. The third kappa shape index (κ3) is 4.59. The quantitative estimate of drug-likeness (QED) is 0.484. The van der Waals surface area contributed by atoms with Crippen molar-refractivity contribution in [1.82, 2.24) is 29.0 Å². The molecule has 2 amide bonds. The van der Waals surface area contributed by atoms with Crippen molar-refractivity contribution in [3.8, 4) is 11.4 Å². The number of fused-ring (bicyclic) bond motifs is 2. The molecule has 10 heteroatoms. The van der Waals surface area contributed by atoms with Gasteiger partial charge >= 0.3 is 6.09 Å². The minimum Gasteiger partial charge on any atom is -0.444 e. The molecule has 0 aliphatic carbocycles. The summed E-state index contributed by atoms with van der Waals surface area (Å²) in [5.74, 6) is 0.972. The van der Waals surface area contributed by atoms with Crippen molar-refractivity contribution in [2.24, 2.45) is 0 Å². The number of imidazole rings is 1. The third-order valence-electron chi connectivity index (χ3n) is 5.71. The SMILES string of the molecule is Cc1ccc(-c2nc3n(n2)CCN(C(=O)OC(C)(C)C)C3)cc1NC(=O)c1cnc2ccccn12. The lowest BCUT2D eigenvalue weighted by molar-refractivity contribution is 0.0190. The first kappa shape index (κ1) is 22.6. The number of rotatable bonds is 3. The van der Waals surface area contributed by atoms with Crippen molar-refractivity contribution in [2.75, 3.05) is 11.9 Å². The predicted molar refractivity (Wildman–Crippen MR) is 130 cm³/mol. The maximum absolute atomic E-state index is 13.0. The third-order valence-corrected chi connectivity index (χ3v) is 5.71. The van der Waals surface area contributed by atoms with Crippen LogP contribution >= 0.6 is 0 Å². The average molecular weight is 474 g/mol. The Hall–Kier alpha value is -4.21. The molecule has 5 rings (SSSR count). The standard InChI is InChI=1S/C25H27N7O3/c1-16-8-9-17(13-18(16)27-23(33)19-14-26-20-7-5-6-10-31(19)20)22-28-21-15-30(11-12-32(21)29-22)24(34)35-25(2,3)4/h5-10,13-14H,11-12,15H2,1-4H3,(H,27,33). The Bertz CT molecular complexity index is 1430. The van der Waals surface area contributed by atoms with Crippen LogP contribution < -0.4 is 5.32 Å². The van der Waals surface area contributed by atoms with Gasteiger partial charge in [0.2, 0.25) is 0 Å². The maximum atomic E-state index is 13.0. The predicted octanol–water partition coefficient (Wildman–Crippen LogP) is 3.90. The van der Waals surface area contributed by atoms with E-state index in [0.29, 0.717) is 48.3 Å². The van der Waals surface area contributed by atoms with Crippen molar-refractivity contribution in [3.05, 3.63) is 65.9 Å². The van der Waals surface area contributed by atoms with Gasteiger partial charge in [0.05, 0.1) is 19.3 Å². The minimum absolute atomic E-state index is 0.256. The van der Waals surface area contributed by atoms with Gasteiger partial charge in [-0.15, -0.1) is 0 Å². The first-order valence-corrected chi connectivity index (χ1v) is 11.4. The number of hydrogen-bond donors (Lipinski definition) is 1. The van der Waals surface area contributed by atoms with E-state index < -0.39 is 5.60 Å². The number of carbonyl (C=O) groups is 2. The highest BCUT2D eigenvalue weighted by molar-refractivity contribution is 6.04. The Kier molecular flexibility index (Phi) is 5.50. The second-order valence-electron chi connectivity index (χ2n) is 9.53. The number of anilines is 1. The molecule has 4 aromatic rings. The molecule has 0 fully saturated rings. The summed E-state index contributed by atoms with van der Waals surface area (Å²) in [5.41, 5.74) is 2.95. The van der Waals surface area contributed by atoms with Gasteiger partial charge in [-0.2, -0.15) is 5.10 Å². The molecule has 0 unspecified atom stereocenters. The van der Waals surface area contributed by atoms with Gasteiger partial charge in [0.25, 0.3) is 5.91 Å². The Labute approximate surface area is 202 Å². The van der Waals surface area contributed by atoms with Crippen molar-refractivity contribution in [2.45, 2.75) is 46.4 Å². The van der Waals surface area contributed by atoms with Crippen LogP contribution in [0.3, 0.4) is 0 Å². The Morgan fingerprint density at radius 3 is 2.74 bits per heavy atom. The molecule has 1 aliphatic heterocycles. The van der Waals surface area contributed by atoms with E-state index in [-0.39, 0.29) is 12.0 Å². The number of pyridine rings is 1. The number of aryl methyl sites for hydroxylation is 1. The van der Waals surface area contributed by atoms with Crippen LogP contribution in [0.4, 0.5) is 10.5 Å². The second-order valence-corrected chi connectivity index (χ2v) is 9.53. The van der Waals surface area contributed by atoms with Crippen LogP contribution in [0.5, 0.6) is 0 Å². The smallest absolute Gasteiger partial charge is 0.410 e. The van der Waals surface area contributed by atoms with Crippen LogP contribution in [-0.2, 0) is 17.8 Å². The zero-order valence-electron chi connectivity index (χ0n) is 20.1. The van der Waals surface area contributed by atoms with Crippen LogP contribution in [0.15, 0.2) is 48.8 Å². The first-order valence-electron chi connectivity index (χ1n) is 11.4. The molecule has 0 atom stereocenters. The minimum atomic E-state index is -0.556. The van der Waals surface area contributed by atoms with Crippen LogP contribution in [0.1, 0.15) is 42.6 Å². The molecule has 1 aliphatic rings. The van der Waals surface area contributed by atoms with Gasteiger partial charge in [0.1, 0.15) is 22.8 Å². The summed E-state index contributed by atoms with van der Waals surface area (Å²) >= 11 is 0. The number of hydrogen-bond acceptors (Lipinski definition) is 6. The molecule has 0 radical (unpaired) electrons. The molecular weight excluding hydrogens is 446 g/mol. The van der Waals surface area contributed by atoms with E-state index in [4.69, 9.17) is 4.74 Å². The van der Waals surface area contributed by atoms with Gasteiger partial charge in [-0.05, 0) is 51.5 Å². The summed E-state index contributed by atoms with van der Waals surface area (Å²) in [5, 5.41) is 7.62. The molecule has 0 saturated carbocycles. The van der Waals surface area contributed by atoms with E-state index in [1.54, 1.807) is 21.7 Å². The summed E-state index contributed by atoms with van der Waals surface area (Å²) in [7, 11) is 0. The fraction of sp³-hybridized carbons (Fsp3) is 0.320. The second kappa shape index (κ2) is 8.53. The Balaban J connectivity index is 1.36. The maximum Gasteiger partial charge on any atom is 0.410 e. The van der Waals surface area contributed by atoms with E-state index in [0.717, 1.165) is 11.1 Å². The molecule has 1 aromatic carbocycles. The molecule has 0 bridgehead atoms. The highest BCUT2D eigenvalue weighted by Gasteiger charge is 2.28. The highest BCUT2D eigenvalue weighted by atomic mass is 16.6. The van der Waals surface area contributed by atoms with Crippen molar-refractivity contribution in [3.63, 3.8) is 0 Å². The largest absolute Gasteiger partial charge is 0.444 e. The normalized spacial score (nSPS) is 13.5. The number of amides is 2. The summed E-state index contributed by atoms with van der Waals surface area (Å²) in [6, 6.07) is 11.3. The van der Waals surface area contributed by atoms with Gasteiger partial charge < -0.3 is 10.1 Å². The van der Waals surface area contributed by atoms with Gasteiger partial charge in [-0.3, -0.25) is 14.1 Å². The van der Waals surface area contributed by atoms with Crippen LogP contribution in [-0.4, -0.2) is 53.2 Å². The van der Waals surface area contributed by atoms with Crippen molar-refractivity contribution >= 4 is 23.3 Å². The molecule has 1 N–H and O–H groups in total. The lowest BCUT2D eigenvalue weighted by Crippen LogP contribution is -2.41. The number of nitrogens with one attached hydrogen (secondary N) is 1. The van der Waals surface area contributed by atoms with Crippen LogP contribution in [0, 0.1) is 6.92 Å². The Morgan fingerprint density at radius 2 is 1.94 bits per heavy atom. The van der Waals surface area contributed by atoms with E-state index >= 15 is 0 Å². The van der Waals surface area contributed by atoms with Gasteiger partial charge in [-0.25, -0.2) is 19.4 Å². The monoisotopic (exact) mass is 473 g/mol. The number of carbonyl (C=O) groups excluding carboxylic acids is 2. The highest BCUT2D eigenvalue weighted by Crippen LogP contribution is 2.25. The van der Waals surface area contributed by atoms with Crippen molar-refractivity contribution < 1.29 is 14.3 Å². The van der Waals surface area contributed by atoms with E-state index in [1.165, 1.54) is 0 Å². The summed E-state index contributed by atoms with van der Waals surface area (Å²) in [6.07, 6.45) is 3.01. The van der Waals surface area contributed by atoms with E-state index in [9.17, 15) is 9.59 Å². The first-order chi connectivity index (χ1) is 16.7. The van der Waals surface area contributed by atoms with Gasteiger partial charge in [0, 0.05) is 24.0 Å². The summed E-state index contributed by atoms with van der Waals surface area (Å²) < 4.78 is 9.05. The lowest BCUT2D eigenvalue weighted by atomic mass is 10.1. The molecule has 4 heterocycles. The number of ether oxygens (including phenoxy) is 1. The fourth-order valence-corrected chi connectivity index (χ4v) is 3.92. The van der Waals surface area contributed by atoms with Crippen LogP contribution in [0.2, 0.25) is 0 Å². The summed E-state index contributed by atoms with van der Waals surface area (Å²) in [6.45, 7) is 8.82. The topological polar surface area (TPSA) is 107 Å². The molecule has 0 saturated heterocycles.